The Balaban J connectivity index is 1.53. The van der Waals surface area contributed by atoms with E-state index in [-0.39, 0.29) is 6.04 Å². The number of nitrogens with zero attached hydrogens (tertiary/aromatic N) is 6. The number of anilines is 1. The molecule has 1 saturated heterocycles. The zero-order valence-corrected chi connectivity index (χ0v) is 17.6. The molecule has 0 bridgehead atoms. The van der Waals surface area contributed by atoms with E-state index in [2.05, 4.69) is 76.4 Å². The maximum Gasteiger partial charge on any atom is 0.246 e. The number of piperazine rings is 1. The van der Waals surface area contributed by atoms with Crippen LogP contribution in [0.2, 0.25) is 0 Å². The van der Waals surface area contributed by atoms with Gasteiger partial charge in [0.05, 0.1) is 12.1 Å². The summed E-state index contributed by atoms with van der Waals surface area (Å²) in [7, 11) is 2.17. The van der Waals surface area contributed by atoms with Crippen LogP contribution < -0.4 is 5.32 Å². The first-order chi connectivity index (χ1) is 14.1. The summed E-state index contributed by atoms with van der Waals surface area (Å²) in [6.45, 7) is 8.26. The monoisotopic (exact) mass is 393 g/mol. The quantitative estimate of drug-likeness (QED) is 0.602. The summed E-state index contributed by atoms with van der Waals surface area (Å²) < 4.78 is 1.96. The molecule has 1 N–H and O–H groups in total. The molecule has 2 aliphatic rings. The van der Waals surface area contributed by atoms with Crippen molar-refractivity contribution in [1.82, 2.24) is 24.6 Å². The summed E-state index contributed by atoms with van der Waals surface area (Å²) in [5, 5.41) is 7.88. The number of rotatable bonds is 6. The van der Waals surface area contributed by atoms with Crippen molar-refractivity contribution in [2.45, 2.75) is 38.8 Å². The number of hydrogen-bond acceptors (Lipinski definition) is 5. The number of nitrogens with one attached hydrogen (secondary N) is 1. The highest BCUT2D eigenvalue weighted by Gasteiger charge is 2.25. The van der Waals surface area contributed by atoms with Gasteiger partial charge in [0.25, 0.3) is 0 Å². The van der Waals surface area contributed by atoms with E-state index in [4.69, 9.17) is 4.99 Å². The molecule has 1 atom stereocenters. The normalized spacial score (nSPS) is 20.0. The van der Waals surface area contributed by atoms with Gasteiger partial charge in [-0.3, -0.25) is 4.99 Å². The molecule has 2 heterocycles. The molecule has 154 valence electrons. The van der Waals surface area contributed by atoms with Crippen molar-refractivity contribution in [2.24, 2.45) is 4.99 Å². The van der Waals surface area contributed by atoms with E-state index in [1.54, 1.807) is 0 Å². The van der Waals surface area contributed by atoms with Crippen LogP contribution in [0.25, 0.3) is 0 Å². The Labute approximate surface area is 173 Å². The molecule has 0 spiro atoms. The van der Waals surface area contributed by atoms with Crippen molar-refractivity contribution in [3.63, 3.8) is 0 Å². The third kappa shape index (κ3) is 5.23. The second-order valence-electron chi connectivity index (χ2n) is 8.10. The summed E-state index contributed by atoms with van der Waals surface area (Å²) in [5.74, 6) is 1.67. The van der Waals surface area contributed by atoms with Crippen LogP contribution in [0.4, 0.5) is 5.95 Å². The number of likely N-dealkylation sites (N-methyl/N-ethyl adjacent to an activating group) is 1. The predicted molar refractivity (Wildman–Crippen MR) is 117 cm³/mol. The minimum absolute atomic E-state index is 0.0992. The van der Waals surface area contributed by atoms with Crippen molar-refractivity contribution in [3.8, 4) is 0 Å². The van der Waals surface area contributed by atoms with E-state index in [1.165, 1.54) is 18.4 Å². The van der Waals surface area contributed by atoms with Gasteiger partial charge in [0.15, 0.2) is 0 Å². The first kappa shape index (κ1) is 19.6. The Morgan fingerprint density at radius 3 is 2.59 bits per heavy atom. The van der Waals surface area contributed by atoms with Crippen LogP contribution in [-0.4, -0.2) is 63.6 Å². The van der Waals surface area contributed by atoms with Crippen LogP contribution in [0, 0.1) is 0 Å². The molecule has 7 nitrogen and oxygen atoms in total. The molecule has 1 saturated carbocycles. The lowest BCUT2D eigenvalue weighted by Gasteiger charge is -2.34. The molecule has 1 aliphatic carbocycles. The second kappa shape index (κ2) is 8.78. The van der Waals surface area contributed by atoms with Gasteiger partial charge in [-0.15, -0.1) is 5.10 Å². The topological polar surface area (TPSA) is 61.6 Å². The fraction of sp³-hybridized carbons (Fsp3) is 0.500. The maximum atomic E-state index is 5.08. The largest absolute Gasteiger partial charge is 0.354 e. The molecule has 2 fully saturated rings. The molecular formula is C22H31N7. The Morgan fingerprint density at radius 1 is 1.17 bits per heavy atom. The van der Waals surface area contributed by atoms with Gasteiger partial charge in [-0.05, 0) is 45.4 Å². The smallest absolute Gasteiger partial charge is 0.246 e. The summed E-state index contributed by atoms with van der Waals surface area (Å²) in [5.41, 5.74) is 2.22. The number of allylic oxidation sites excluding steroid dienone is 1. The van der Waals surface area contributed by atoms with Gasteiger partial charge in [0.1, 0.15) is 12.2 Å². The van der Waals surface area contributed by atoms with Crippen molar-refractivity contribution in [2.75, 3.05) is 38.5 Å². The SMILES string of the molecule is C/C(=C\C(=N/C(C)c1ccccc1)N1CCN(C)CC1)Nc1ncn(C2CC2)n1. The zero-order chi connectivity index (χ0) is 20.2. The van der Waals surface area contributed by atoms with Gasteiger partial charge in [0.2, 0.25) is 5.95 Å². The summed E-state index contributed by atoms with van der Waals surface area (Å²) >= 11 is 0. The van der Waals surface area contributed by atoms with E-state index in [0.717, 1.165) is 37.7 Å². The molecular weight excluding hydrogens is 362 g/mol. The lowest BCUT2D eigenvalue weighted by molar-refractivity contribution is 0.215. The number of aliphatic imine (C=N–C) groups is 1. The molecule has 7 heteroatoms. The average molecular weight is 394 g/mol. The summed E-state index contributed by atoms with van der Waals surface area (Å²) in [4.78, 5) is 14.2. The molecule has 1 unspecified atom stereocenters. The molecule has 2 aromatic rings. The van der Waals surface area contributed by atoms with E-state index in [9.17, 15) is 0 Å². The van der Waals surface area contributed by atoms with Crippen LogP contribution in [0.3, 0.4) is 0 Å². The number of hydrogen-bond donors (Lipinski definition) is 1. The Hall–Kier alpha value is -2.67. The number of benzene rings is 1. The minimum Gasteiger partial charge on any atom is -0.354 e. The van der Waals surface area contributed by atoms with E-state index < -0.39 is 0 Å². The zero-order valence-electron chi connectivity index (χ0n) is 17.6. The highest BCUT2D eigenvalue weighted by Crippen LogP contribution is 2.33. The van der Waals surface area contributed by atoms with Crippen LogP contribution in [0.1, 0.15) is 44.3 Å². The van der Waals surface area contributed by atoms with E-state index in [1.807, 2.05) is 17.1 Å². The van der Waals surface area contributed by atoms with Crippen LogP contribution in [0.15, 0.2) is 53.4 Å². The predicted octanol–water partition coefficient (Wildman–Crippen LogP) is 3.34. The highest BCUT2D eigenvalue weighted by molar-refractivity contribution is 5.94. The summed E-state index contributed by atoms with van der Waals surface area (Å²) in [6, 6.07) is 11.1. The number of aromatic nitrogens is 3. The standard InChI is InChI=1S/C22H31N7/c1-17(24-22-23-16-29(26-22)20-9-10-20)15-21(28-13-11-27(3)12-14-28)25-18(2)19-7-5-4-6-8-19/h4-8,15-16,18,20H,9-14H2,1-3H3,(H,24,26)/b17-15+,25-21+. The van der Waals surface area contributed by atoms with Gasteiger partial charge < -0.3 is 15.1 Å². The number of amidine groups is 1. The summed E-state index contributed by atoms with van der Waals surface area (Å²) in [6.07, 6.45) is 6.35. The molecule has 29 heavy (non-hydrogen) atoms. The highest BCUT2D eigenvalue weighted by atomic mass is 15.4. The fourth-order valence-electron chi connectivity index (χ4n) is 3.50. The van der Waals surface area contributed by atoms with Gasteiger partial charge >= 0.3 is 0 Å². The Bertz CT molecular complexity index is 858. The molecule has 1 aromatic carbocycles. The first-order valence-corrected chi connectivity index (χ1v) is 10.5. The third-order valence-corrected chi connectivity index (χ3v) is 5.52. The van der Waals surface area contributed by atoms with Gasteiger partial charge in [-0.25, -0.2) is 9.67 Å². The van der Waals surface area contributed by atoms with E-state index in [0.29, 0.717) is 12.0 Å². The van der Waals surface area contributed by atoms with Crippen molar-refractivity contribution >= 4 is 11.8 Å². The molecule has 0 amide bonds. The fourth-order valence-corrected chi connectivity index (χ4v) is 3.50. The third-order valence-electron chi connectivity index (χ3n) is 5.52. The first-order valence-electron chi connectivity index (χ1n) is 10.5. The van der Waals surface area contributed by atoms with Crippen molar-refractivity contribution < 1.29 is 0 Å². The molecule has 1 aromatic heterocycles. The molecule has 4 rings (SSSR count). The van der Waals surface area contributed by atoms with Crippen molar-refractivity contribution in [1.29, 1.82) is 0 Å². The second-order valence-corrected chi connectivity index (χ2v) is 8.10. The van der Waals surface area contributed by atoms with Crippen LogP contribution >= 0.6 is 0 Å². The van der Waals surface area contributed by atoms with E-state index >= 15 is 0 Å². The van der Waals surface area contributed by atoms with Crippen LogP contribution in [0.5, 0.6) is 0 Å². The lowest BCUT2D eigenvalue weighted by Crippen LogP contribution is -2.47. The molecule has 1 aliphatic heterocycles. The average Bonchev–Trinajstić information content (AvgIpc) is 3.48. The van der Waals surface area contributed by atoms with Gasteiger partial charge in [0, 0.05) is 31.9 Å². The van der Waals surface area contributed by atoms with Gasteiger partial charge in [-0.2, -0.15) is 0 Å². The Kier molecular flexibility index (Phi) is 5.94. The lowest BCUT2D eigenvalue weighted by atomic mass is 10.1. The van der Waals surface area contributed by atoms with Crippen LogP contribution in [-0.2, 0) is 0 Å². The molecule has 0 radical (unpaired) electrons. The van der Waals surface area contributed by atoms with Gasteiger partial charge in [-0.1, -0.05) is 30.3 Å². The minimum atomic E-state index is 0.0992. The van der Waals surface area contributed by atoms with Crippen molar-refractivity contribution in [3.05, 3.63) is 54.0 Å². The Morgan fingerprint density at radius 2 is 1.90 bits per heavy atom. The maximum absolute atomic E-state index is 5.08.